The Morgan fingerprint density at radius 3 is 3.00 bits per heavy atom. The number of carboxylic acids is 1. The molecule has 1 aromatic rings. The van der Waals surface area contributed by atoms with Gasteiger partial charge in [0.2, 0.25) is 0 Å². The first-order chi connectivity index (χ1) is 8.16. The topological polar surface area (TPSA) is 49.3 Å². The maximum Gasteiger partial charge on any atom is 0.335 e. The molecule has 1 fully saturated rings. The summed E-state index contributed by atoms with van der Waals surface area (Å²) in [4.78, 5) is 10.6. The highest BCUT2D eigenvalue weighted by atomic mass is 32.2. The van der Waals surface area contributed by atoms with E-state index in [0.29, 0.717) is 10.9 Å². The smallest absolute Gasteiger partial charge is 0.335 e. The summed E-state index contributed by atoms with van der Waals surface area (Å²) in [5, 5.41) is 12.3. The molecular formula is C12H14FNO2S. The highest BCUT2D eigenvalue weighted by Crippen LogP contribution is 2.26. The molecule has 0 amide bonds. The summed E-state index contributed by atoms with van der Waals surface area (Å²) >= 11 is 1.90. The second kappa shape index (κ2) is 5.40. The number of carboxylic acid groups (broad SMARTS) is 1. The Morgan fingerprint density at radius 2 is 2.41 bits per heavy atom. The average Bonchev–Trinajstić information content (AvgIpc) is 2.80. The van der Waals surface area contributed by atoms with Crippen LogP contribution in [0.15, 0.2) is 18.2 Å². The van der Waals surface area contributed by atoms with Crippen LogP contribution in [0.4, 0.5) is 10.1 Å². The van der Waals surface area contributed by atoms with Crippen LogP contribution in [0.3, 0.4) is 0 Å². The van der Waals surface area contributed by atoms with E-state index in [1.54, 1.807) is 0 Å². The Kier molecular flexibility index (Phi) is 3.89. The number of anilines is 1. The molecule has 1 aliphatic rings. The zero-order valence-electron chi connectivity index (χ0n) is 9.28. The summed E-state index contributed by atoms with van der Waals surface area (Å²) in [6.07, 6.45) is 2.38. The molecule has 1 atom stereocenters. The van der Waals surface area contributed by atoms with E-state index >= 15 is 0 Å². The molecule has 0 radical (unpaired) electrons. The maximum atomic E-state index is 13.6. The molecule has 0 saturated carbocycles. The summed E-state index contributed by atoms with van der Waals surface area (Å²) in [7, 11) is 0. The number of thioether (sulfide) groups is 1. The number of rotatable bonds is 4. The predicted octanol–water partition coefficient (Wildman–Crippen LogP) is 2.83. The van der Waals surface area contributed by atoms with E-state index in [1.807, 2.05) is 11.8 Å². The Labute approximate surface area is 103 Å². The second-order valence-corrected chi connectivity index (χ2v) is 5.42. The van der Waals surface area contributed by atoms with Crippen LogP contribution >= 0.6 is 11.8 Å². The van der Waals surface area contributed by atoms with Crippen LogP contribution in [0.25, 0.3) is 0 Å². The summed E-state index contributed by atoms with van der Waals surface area (Å²) in [6.45, 7) is 0.730. The molecule has 0 bridgehead atoms. The van der Waals surface area contributed by atoms with Gasteiger partial charge in [-0.25, -0.2) is 9.18 Å². The highest BCUT2D eigenvalue weighted by Gasteiger charge is 2.16. The Hall–Kier alpha value is -1.23. The van der Waals surface area contributed by atoms with Gasteiger partial charge in [0.15, 0.2) is 0 Å². The van der Waals surface area contributed by atoms with E-state index in [4.69, 9.17) is 5.11 Å². The first-order valence-corrected chi connectivity index (χ1v) is 6.60. The first kappa shape index (κ1) is 12.2. The second-order valence-electron chi connectivity index (χ2n) is 4.02. The van der Waals surface area contributed by atoms with Crippen molar-refractivity contribution in [3.05, 3.63) is 29.6 Å². The third-order valence-electron chi connectivity index (χ3n) is 2.76. The lowest BCUT2D eigenvalue weighted by atomic mass is 10.2. The van der Waals surface area contributed by atoms with Gasteiger partial charge in [-0.05, 0) is 36.8 Å². The van der Waals surface area contributed by atoms with E-state index in [-0.39, 0.29) is 5.56 Å². The third kappa shape index (κ3) is 3.12. The summed E-state index contributed by atoms with van der Waals surface area (Å²) in [5.74, 6) is -0.443. The van der Waals surface area contributed by atoms with Gasteiger partial charge in [0.25, 0.3) is 0 Å². The van der Waals surface area contributed by atoms with Crippen molar-refractivity contribution in [2.24, 2.45) is 0 Å². The molecule has 2 N–H and O–H groups in total. The molecule has 1 heterocycles. The van der Waals surface area contributed by atoms with Crippen molar-refractivity contribution in [3.8, 4) is 0 Å². The molecule has 17 heavy (non-hydrogen) atoms. The van der Waals surface area contributed by atoms with Crippen molar-refractivity contribution >= 4 is 23.4 Å². The molecular weight excluding hydrogens is 241 g/mol. The summed E-state index contributed by atoms with van der Waals surface area (Å²) in [6, 6.07) is 3.94. The molecule has 0 aromatic heterocycles. The fourth-order valence-corrected chi connectivity index (χ4v) is 3.02. The molecule has 0 aliphatic carbocycles. The van der Waals surface area contributed by atoms with E-state index in [0.717, 1.165) is 19.0 Å². The van der Waals surface area contributed by atoms with Crippen LogP contribution < -0.4 is 5.32 Å². The molecule has 1 aromatic carbocycles. The normalized spacial score (nSPS) is 19.2. The van der Waals surface area contributed by atoms with Crippen LogP contribution in [0.1, 0.15) is 23.2 Å². The number of carbonyl (C=O) groups is 1. The van der Waals surface area contributed by atoms with Gasteiger partial charge in [-0.1, -0.05) is 0 Å². The van der Waals surface area contributed by atoms with E-state index in [2.05, 4.69) is 5.32 Å². The van der Waals surface area contributed by atoms with Crippen LogP contribution in [0, 0.1) is 5.82 Å². The highest BCUT2D eigenvalue weighted by molar-refractivity contribution is 8.00. The van der Waals surface area contributed by atoms with Crippen LogP contribution in [-0.2, 0) is 0 Å². The minimum absolute atomic E-state index is 0.0247. The van der Waals surface area contributed by atoms with Crippen molar-refractivity contribution in [2.45, 2.75) is 18.1 Å². The third-order valence-corrected chi connectivity index (χ3v) is 4.16. The number of halogens is 1. The van der Waals surface area contributed by atoms with Crippen LogP contribution in [0.2, 0.25) is 0 Å². The lowest BCUT2D eigenvalue weighted by Crippen LogP contribution is -2.14. The SMILES string of the molecule is O=C(O)c1ccc(NCC2CCCS2)c(F)c1. The Bertz CT molecular complexity index is 419. The lowest BCUT2D eigenvalue weighted by molar-refractivity contribution is 0.0696. The fraction of sp³-hybridized carbons (Fsp3) is 0.417. The van der Waals surface area contributed by atoms with Gasteiger partial charge in [0, 0.05) is 11.8 Å². The molecule has 3 nitrogen and oxygen atoms in total. The monoisotopic (exact) mass is 255 g/mol. The largest absolute Gasteiger partial charge is 0.478 e. The van der Waals surface area contributed by atoms with Crippen molar-refractivity contribution < 1.29 is 14.3 Å². The molecule has 92 valence electrons. The van der Waals surface area contributed by atoms with Gasteiger partial charge in [-0.15, -0.1) is 0 Å². The van der Waals surface area contributed by atoms with Gasteiger partial charge in [-0.3, -0.25) is 0 Å². The van der Waals surface area contributed by atoms with Crippen molar-refractivity contribution in [1.29, 1.82) is 0 Å². The lowest BCUT2D eigenvalue weighted by Gasteiger charge is -2.12. The van der Waals surface area contributed by atoms with Gasteiger partial charge in [0.05, 0.1) is 11.3 Å². The number of nitrogens with one attached hydrogen (secondary N) is 1. The molecule has 5 heteroatoms. The minimum atomic E-state index is -1.11. The number of hydrogen-bond acceptors (Lipinski definition) is 3. The summed E-state index contributed by atoms with van der Waals surface area (Å²) < 4.78 is 13.6. The molecule has 1 saturated heterocycles. The standard InChI is InChI=1S/C12H14FNO2S/c13-10-6-8(12(15)16)3-4-11(10)14-7-9-2-1-5-17-9/h3-4,6,9,14H,1-2,5,7H2,(H,15,16). The first-order valence-electron chi connectivity index (χ1n) is 5.55. The Morgan fingerprint density at radius 1 is 1.59 bits per heavy atom. The molecule has 0 spiro atoms. The maximum absolute atomic E-state index is 13.6. The van der Waals surface area contributed by atoms with Crippen molar-refractivity contribution in [2.75, 3.05) is 17.6 Å². The Balaban J connectivity index is 1.98. The number of benzene rings is 1. The molecule has 2 rings (SSSR count). The number of aromatic carboxylic acids is 1. The van der Waals surface area contributed by atoms with Crippen LogP contribution in [-0.4, -0.2) is 28.6 Å². The zero-order valence-corrected chi connectivity index (χ0v) is 10.1. The quantitative estimate of drug-likeness (QED) is 0.868. The van der Waals surface area contributed by atoms with Gasteiger partial charge in [0.1, 0.15) is 5.82 Å². The van der Waals surface area contributed by atoms with Crippen LogP contribution in [0.5, 0.6) is 0 Å². The van der Waals surface area contributed by atoms with Crippen molar-refractivity contribution in [1.82, 2.24) is 0 Å². The summed E-state index contributed by atoms with van der Waals surface area (Å²) in [5.41, 5.74) is 0.353. The van der Waals surface area contributed by atoms with Crippen molar-refractivity contribution in [3.63, 3.8) is 0 Å². The number of hydrogen-bond donors (Lipinski definition) is 2. The van der Waals surface area contributed by atoms with E-state index < -0.39 is 11.8 Å². The van der Waals surface area contributed by atoms with E-state index in [9.17, 15) is 9.18 Å². The predicted molar refractivity (Wildman–Crippen MR) is 67.3 cm³/mol. The average molecular weight is 255 g/mol. The molecule has 1 aliphatic heterocycles. The van der Waals surface area contributed by atoms with Gasteiger partial charge < -0.3 is 10.4 Å². The fourth-order valence-electron chi connectivity index (χ4n) is 1.82. The zero-order chi connectivity index (χ0) is 12.3. The molecule has 1 unspecified atom stereocenters. The van der Waals surface area contributed by atoms with Gasteiger partial charge in [-0.2, -0.15) is 11.8 Å². The van der Waals surface area contributed by atoms with Gasteiger partial charge >= 0.3 is 5.97 Å². The van der Waals surface area contributed by atoms with E-state index in [1.165, 1.54) is 24.3 Å². The minimum Gasteiger partial charge on any atom is -0.478 e.